The highest BCUT2D eigenvalue weighted by Gasteiger charge is 2.40. The minimum atomic E-state index is -0.473. The lowest BCUT2D eigenvalue weighted by atomic mass is 9.82. The van der Waals surface area contributed by atoms with Gasteiger partial charge < -0.3 is 4.90 Å². The third kappa shape index (κ3) is 3.91. The Bertz CT molecular complexity index is 2120. The molecule has 3 nitrogen and oxygen atoms in total. The second-order valence-electron chi connectivity index (χ2n) is 11.9. The molecular formula is C38H26FNO2S2. The van der Waals surface area contributed by atoms with E-state index in [-0.39, 0.29) is 27.9 Å². The molecule has 0 radical (unpaired) electrons. The van der Waals surface area contributed by atoms with Crippen LogP contribution < -0.4 is 4.90 Å². The summed E-state index contributed by atoms with van der Waals surface area (Å²) < 4.78 is 16.5. The number of rotatable bonds is 4. The van der Waals surface area contributed by atoms with E-state index in [1.807, 2.05) is 12.1 Å². The van der Waals surface area contributed by atoms with Crippen LogP contribution in [-0.2, 0) is 5.41 Å². The molecule has 6 aromatic rings. The molecule has 0 N–H and O–H groups in total. The molecule has 0 unspecified atom stereocenters. The van der Waals surface area contributed by atoms with E-state index in [0.29, 0.717) is 5.56 Å². The molecule has 0 fully saturated rings. The van der Waals surface area contributed by atoms with Crippen molar-refractivity contribution in [2.75, 3.05) is 4.90 Å². The fourth-order valence-corrected chi connectivity index (χ4v) is 9.53. The number of nitrogens with zero attached hydrogens (tertiary/aromatic N) is 1. The van der Waals surface area contributed by atoms with Gasteiger partial charge in [0.25, 0.3) is 0 Å². The summed E-state index contributed by atoms with van der Waals surface area (Å²) in [5.41, 5.74) is 7.74. The van der Waals surface area contributed by atoms with Crippen LogP contribution in [0, 0.1) is 12.7 Å². The summed E-state index contributed by atoms with van der Waals surface area (Å²) >= 11 is 3.37. The highest BCUT2D eigenvalue weighted by molar-refractivity contribution is 7.30. The number of aryl methyl sites for hydroxylation is 1. The summed E-state index contributed by atoms with van der Waals surface area (Å²) in [5, 5.41) is 0. The highest BCUT2D eigenvalue weighted by Crippen LogP contribution is 2.58. The Hall–Kier alpha value is -4.65. The molecule has 0 aliphatic heterocycles. The van der Waals surface area contributed by atoms with E-state index in [1.54, 1.807) is 35.7 Å². The van der Waals surface area contributed by atoms with Crippen molar-refractivity contribution in [3.8, 4) is 10.4 Å². The van der Waals surface area contributed by atoms with Gasteiger partial charge >= 0.3 is 0 Å². The van der Waals surface area contributed by atoms with Gasteiger partial charge in [-0.1, -0.05) is 56.3 Å². The summed E-state index contributed by atoms with van der Waals surface area (Å²) in [7, 11) is 0. The molecule has 44 heavy (non-hydrogen) atoms. The molecule has 0 atom stereocenters. The maximum Gasteiger partial charge on any atom is 0.197 e. The number of ketones is 2. The van der Waals surface area contributed by atoms with Gasteiger partial charge in [0, 0.05) is 48.1 Å². The first-order valence-electron chi connectivity index (χ1n) is 14.5. The Morgan fingerprint density at radius 2 is 1.36 bits per heavy atom. The van der Waals surface area contributed by atoms with Crippen LogP contribution in [0.1, 0.15) is 56.1 Å². The first kappa shape index (κ1) is 26.9. The van der Waals surface area contributed by atoms with Crippen LogP contribution in [-0.4, -0.2) is 11.6 Å². The van der Waals surface area contributed by atoms with Gasteiger partial charge in [-0.15, -0.1) is 22.7 Å². The van der Waals surface area contributed by atoms with Crippen molar-refractivity contribution >= 4 is 66.8 Å². The van der Waals surface area contributed by atoms with Gasteiger partial charge in [0.05, 0.1) is 10.3 Å². The summed E-state index contributed by atoms with van der Waals surface area (Å²) in [6.07, 6.45) is 1.69. The Balaban J connectivity index is 1.20. The predicted molar refractivity (Wildman–Crippen MR) is 180 cm³/mol. The van der Waals surface area contributed by atoms with Crippen molar-refractivity contribution in [3.05, 3.63) is 141 Å². The molecule has 0 bridgehead atoms. The number of fused-ring (bicyclic) bond motifs is 6. The van der Waals surface area contributed by atoms with Gasteiger partial charge in [-0.2, -0.15) is 0 Å². The number of carbonyl (C=O) groups excluding carboxylic acids is 2. The molecule has 2 aliphatic carbocycles. The molecule has 6 heteroatoms. The van der Waals surface area contributed by atoms with E-state index in [1.165, 1.54) is 38.4 Å². The van der Waals surface area contributed by atoms with Crippen molar-refractivity contribution in [2.45, 2.75) is 26.2 Å². The summed E-state index contributed by atoms with van der Waals surface area (Å²) in [4.78, 5) is 30.7. The molecule has 2 heterocycles. The van der Waals surface area contributed by atoms with Crippen LogP contribution in [0.5, 0.6) is 0 Å². The van der Waals surface area contributed by atoms with Gasteiger partial charge in [0.2, 0.25) is 0 Å². The lowest BCUT2D eigenvalue weighted by molar-refractivity contribution is 0.0990. The third-order valence-electron chi connectivity index (χ3n) is 8.78. The number of carbonyl (C=O) groups is 2. The zero-order chi connectivity index (χ0) is 30.3. The highest BCUT2D eigenvalue weighted by atomic mass is 32.1. The molecule has 2 aromatic heterocycles. The number of hydrogen-bond donors (Lipinski definition) is 0. The second kappa shape index (κ2) is 9.68. The van der Waals surface area contributed by atoms with E-state index < -0.39 is 11.6 Å². The van der Waals surface area contributed by atoms with E-state index in [2.05, 4.69) is 91.5 Å². The lowest BCUT2D eigenvalue weighted by Gasteiger charge is -2.28. The van der Waals surface area contributed by atoms with E-state index >= 15 is 0 Å². The molecule has 2 aliphatic rings. The Labute approximate surface area is 262 Å². The first-order valence-corrected chi connectivity index (χ1v) is 16.1. The average Bonchev–Trinajstić information content (AvgIpc) is 3.70. The smallest absolute Gasteiger partial charge is 0.197 e. The van der Waals surface area contributed by atoms with Gasteiger partial charge in [-0.3, -0.25) is 9.59 Å². The topological polar surface area (TPSA) is 37.4 Å². The quantitative estimate of drug-likeness (QED) is 0.147. The maximum atomic E-state index is 14.2. The normalized spacial score (nSPS) is 15.6. The zero-order valence-corrected chi connectivity index (χ0v) is 25.9. The van der Waals surface area contributed by atoms with Gasteiger partial charge in [0.15, 0.2) is 11.6 Å². The number of halogens is 1. The van der Waals surface area contributed by atoms with E-state index in [0.717, 1.165) is 26.6 Å². The number of anilines is 3. The number of hydrogen-bond acceptors (Lipinski definition) is 5. The van der Waals surface area contributed by atoms with Crippen LogP contribution in [0.25, 0.3) is 25.9 Å². The van der Waals surface area contributed by atoms with Crippen LogP contribution in [0.15, 0.2) is 103 Å². The van der Waals surface area contributed by atoms with Gasteiger partial charge in [-0.05, 0) is 89.9 Å². The van der Waals surface area contributed by atoms with Crippen molar-refractivity contribution in [1.29, 1.82) is 0 Å². The van der Waals surface area contributed by atoms with E-state index in [9.17, 15) is 14.0 Å². The molecule has 0 saturated carbocycles. The first-order chi connectivity index (χ1) is 21.2. The summed E-state index contributed by atoms with van der Waals surface area (Å²) in [5.74, 6) is -1.22. The number of Topliss-reactive ketones (excluding diaryl/α,β-unsaturated/α-hetero) is 2. The number of thiophene rings is 2. The Morgan fingerprint density at radius 3 is 2.02 bits per heavy atom. The zero-order valence-electron chi connectivity index (χ0n) is 24.3. The fourth-order valence-electron chi connectivity index (χ4n) is 6.58. The standard InChI is InChI=1S/C38H26FNO2S2/c1-21-16-27-28(20-31(21)39)35(42)29(34(27)41)18-25-19-32-37(43-25)33-36(44-32)26-15-14-24(17-30(26)38(33,2)3)40(22-10-6-4-7-11-22)23-12-8-5-9-13-23/h4-20H,1-3H3/b29-18-. The summed E-state index contributed by atoms with van der Waals surface area (Å²) in [6.45, 7) is 6.16. The van der Waals surface area contributed by atoms with Crippen molar-refractivity contribution in [3.63, 3.8) is 0 Å². The fraction of sp³-hybridized carbons (Fsp3) is 0.105. The molecule has 0 amide bonds. The van der Waals surface area contributed by atoms with Gasteiger partial charge in [-0.25, -0.2) is 4.39 Å². The van der Waals surface area contributed by atoms with E-state index in [4.69, 9.17) is 0 Å². The van der Waals surface area contributed by atoms with Crippen molar-refractivity contribution < 1.29 is 14.0 Å². The predicted octanol–water partition coefficient (Wildman–Crippen LogP) is 10.6. The molecular weight excluding hydrogens is 586 g/mol. The molecule has 0 saturated heterocycles. The molecule has 4 aromatic carbocycles. The van der Waals surface area contributed by atoms with Crippen LogP contribution >= 0.6 is 22.7 Å². The van der Waals surface area contributed by atoms with Crippen molar-refractivity contribution in [2.24, 2.45) is 0 Å². The molecule has 8 rings (SSSR count). The Morgan fingerprint density at radius 1 is 0.727 bits per heavy atom. The van der Waals surface area contributed by atoms with Crippen molar-refractivity contribution in [1.82, 2.24) is 0 Å². The van der Waals surface area contributed by atoms with Crippen LogP contribution in [0.4, 0.5) is 21.5 Å². The minimum Gasteiger partial charge on any atom is -0.310 e. The SMILES string of the molecule is Cc1cc2c(cc1F)C(=O)/C(=C\c1cc3sc4c(c3s1)C(C)(C)c1cc(N(c3ccccc3)c3ccccc3)ccc1-4)C2=O. The number of allylic oxidation sites excluding steroid dienone is 1. The molecule has 0 spiro atoms. The monoisotopic (exact) mass is 611 g/mol. The number of para-hydroxylation sites is 2. The number of benzene rings is 4. The average molecular weight is 612 g/mol. The minimum absolute atomic E-state index is 0.102. The summed E-state index contributed by atoms with van der Waals surface area (Å²) in [6, 6.07) is 32.3. The maximum absolute atomic E-state index is 14.2. The lowest BCUT2D eigenvalue weighted by Crippen LogP contribution is -2.16. The largest absolute Gasteiger partial charge is 0.310 e. The van der Waals surface area contributed by atoms with Crippen LogP contribution in [0.3, 0.4) is 0 Å². The molecule has 214 valence electrons. The van der Waals surface area contributed by atoms with Gasteiger partial charge in [0.1, 0.15) is 5.82 Å². The second-order valence-corrected chi connectivity index (χ2v) is 14.0. The third-order valence-corrected chi connectivity index (χ3v) is 11.2. The Kier molecular flexibility index (Phi) is 5.93. The van der Waals surface area contributed by atoms with Crippen LogP contribution in [0.2, 0.25) is 0 Å².